The highest BCUT2D eigenvalue weighted by Gasteiger charge is 2.22. The number of carbonyl (C=O) groups is 1. The first-order valence-corrected chi connectivity index (χ1v) is 6.10. The third-order valence-electron chi connectivity index (χ3n) is 3.32. The Labute approximate surface area is 101 Å². The fourth-order valence-electron chi connectivity index (χ4n) is 2.08. The lowest BCUT2D eigenvalue weighted by molar-refractivity contribution is 0.101. The summed E-state index contributed by atoms with van der Waals surface area (Å²) in [6.07, 6.45) is 3.76. The molecule has 2 rings (SSSR count). The van der Waals surface area contributed by atoms with E-state index in [9.17, 15) is 9.18 Å². The van der Waals surface area contributed by atoms with Gasteiger partial charge in [-0.1, -0.05) is 18.9 Å². The Bertz CT molecular complexity index is 426. The van der Waals surface area contributed by atoms with Crippen molar-refractivity contribution in [1.29, 1.82) is 0 Å². The summed E-state index contributed by atoms with van der Waals surface area (Å²) in [5.74, 6) is 0.205. The summed E-state index contributed by atoms with van der Waals surface area (Å²) in [5, 5.41) is 0. The Balaban J connectivity index is 2.17. The van der Waals surface area contributed by atoms with E-state index in [-0.39, 0.29) is 11.3 Å². The van der Waals surface area contributed by atoms with Crippen molar-refractivity contribution in [1.82, 2.24) is 0 Å². The smallest absolute Gasteiger partial charge is 0.164 e. The maximum Gasteiger partial charge on any atom is 0.164 e. The van der Waals surface area contributed by atoms with Crippen molar-refractivity contribution in [2.24, 2.45) is 5.92 Å². The van der Waals surface area contributed by atoms with E-state index in [0.29, 0.717) is 5.69 Å². The maximum atomic E-state index is 13.6. The van der Waals surface area contributed by atoms with Crippen molar-refractivity contribution < 1.29 is 9.18 Å². The molecule has 0 radical (unpaired) electrons. The molecule has 0 atom stereocenters. The normalized spacial score (nSPS) is 14.8. The third-order valence-corrected chi connectivity index (χ3v) is 3.32. The SMILES string of the molecule is CC(=O)c1c(F)cccc1N(C)CCC1CC1. The highest BCUT2D eigenvalue weighted by Crippen LogP contribution is 2.33. The van der Waals surface area contributed by atoms with Gasteiger partial charge in [-0.05, 0) is 31.4 Å². The van der Waals surface area contributed by atoms with Crippen molar-refractivity contribution in [3.05, 3.63) is 29.6 Å². The molecule has 0 spiro atoms. The zero-order valence-corrected chi connectivity index (χ0v) is 10.4. The maximum absolute atomic E-state index is 13.6. The summed E-state index contributed by atoms with van der Waals surface area (Å²) < 4.78 is 13.6. The molecule has 0 aromatic heterocycles. The molecule has 0 N–H and O–H groups in total. The lowest BCUT2D eigenvalue weighted by Crippen LogP contribution is -2.21. The molecule has 0 amide bonds. The minimum Gasteiger partial charge on any atom is -0.374 e. The second kappa shape index (κ2) is 4.86. The van der Waals surface area contributed by atoms with Crippen LogP contribution in [0.1, 0.15) is 36.5 Å². The molecule has 92 valence electrons. The molecule has 2 nitrogen and oxygen atoms in total. The standard InChI is InChI=1S/C14H18FNO/c1-10(17)14-12(15)4-3-5-13(14)16(2)9-8-11-6-7-11/h3-5,11H,6-9H2,1-2H3. The summed E-state index contributed by atoms with van der Waals surface area (Å²) in [7, 11) is 1.92. The van der Waals surface area contributed by atoms with Gasteiger partial charge in [0.15, 0.2) is 5.78 Å². The lowest BCUT2D eigenvalue weighted by Gasteiger charge is -2.21. The fraction of sp³-hybridized carbons (Fsp3) is 0.500. The van der Waals surface area contributed by atoms with E-state index in [0.717, 1.165) is 18.9 Å². The third kappa shape index (κ3) is 2.84. The van der Waals surface area contributed by atoms with E-state index in [2.05, 4.69) is 0 Å². The second-order valence-electron chi connectivity index (χ2n) is 4.84. The van der Waals surface area contributed by atoms with E-state index in [1.54, 1.807) is 6.07 Å². The molecule has 0 heterocycles. The van der Waals surface area contributed by atoms with E-state index >= 15 is 0 Å². The Morgan fingerprint density at radius 3 is 2.76 bits per heavy atom. The highest BCUT2D eigenvalue weighted by atomic mass is 19.1. The second-order valence-corrected chi connectivity index (χ2v) is 4.84. The van der Waals surface area contributed by atoms with E-state index in [4.69, 9.17) is 0 Å². The Morgan fingerprint density at radius 1 is 1.47 bits per heavy atom. The van der Waals surface area contributed by atoms with Crippen LogP contribution < -0.4 is 4.90 Å². The van der Waals surface area contributed by atoms with Gasteiger partial charge in [-0.3, -0.25) is 4.79 Å². The van der Waals surface area contributed by atoms with Crippen LogP contribution in [-0.2, 0) is 0 Å². The molecule has 1 aliphatic carbocycles. The summed E-state index contributed by atoms with van der Waals surface area (Å²) in [4.78, 5) is 13.5. The number of hydrogen-bond donors (Lipinski definition) is 0. The van der Waals surface area contributed by atoms with E-state index < -0.39 is 5.82 Å². The first-order chi connectivity index (χ1) is 8.09. The van der Waals surface area contributed by atoms with Gasteiger partial charge in [-0.25, -0.2) is 4.39 Å². The van der Waals surface area contributed by atoms with Gasteiger partial charge in [-0.2, -0.15) is 0 Å². The minimum absolute atomic E-state index is 0.212. The molecule has 0 unspecified atom stereocenters. The molecule has 1 aromatic carbocycles. The van der Waals surface area contributed by atoms with Crippen LogP contribution in [0.25, 0.3) is 0 Å². The summed E-state index contributed by atoms with van der Waals surface area (Å²) in [6.45, 7) is 2.30. The molecule has 1 aromatic rings. The molecule has 0 saturated heterocycles. The molecule has 0 aliphatic heterocycles. The number of nitrogens with zero attached hydrogens (tertiary/aromatic N) is 1. The van der Waals surface area contributed by atoms with Crippen molar-refractivity contribution in [3.8, 4) is 0 Å². The molecule has 3 heteroatoms. The number of rotatable bonds is 5. The summed E-state index contributed by atoms with van der Waals surface area (Å²) in [5.41, 5.74) is 0.920. The molecular weight excluding hydrogens is 217 g/mol. The van der Waals surface area contributed by atoms with Crippen LogP contribution in [-0.4, -0.2) is 19.4 Å². The molecule has 1 saturated carbocycles. The summed E-state index contributed by atoms with van der Waals surface area (Å²) in [6, 6.07) is 4.81. The van der Waals surface area contributed by atoms with E-state index in [1.165, 1.54) is 25.8 Å². The van der Waals surface area contributed by atoms with Gasteiger partial charge >= 0.3 is 0 Å². The molecule has 1 fully saturated rings. The van der Waals surface area contributed by atoms with Crippen molar-refractivity contribution in [2.45, 2.75) is 26.2 Å². The van der Waals surface area contributed by atoms with Gasteiger partial charge in [0.2, 0.25) is 0 Å². The van der Waals surface area contributed by atoms with E-state index in [1.807, 2.05) is 18.0 Å². The zero-order chi connectivity index (χ0) is 12.4. The Morgan fingerprint density at radius 2 is 2.18 bits per heavy atom. The fourth-order valence-corrected chi connectivity index (χ4v) is 2.08. The van der Waals surface area contributed by atoms with Gasteiger partial charge < -0.3 is 4.90 Å². The Hall–Kier alpha value is -1.38. The van der Waals surface area contributed by atoms with Gasteiger partial charge in [-0.15, -0.1) is 0 Å². The van der Waals surface area contributed by atoms with Crippen LogP contribution >= 0.6 is 0 Å². The highest BCUT2D eigenvalue weighted by molar-refractivity contribution is 5.99. The van der Waals surface area contributed by atoms with Gasteiger partial charge in [0, 0.05) is 13.6 Å². The predicted octanol–water partition coefficient (Wildman–Crippen LogP) is 3.26. The molecular formula is C14H18FNO. The van der Waals surface area contributed by atoms with Crippen LogP contribution in [0.4, 0.5) is 10.1 Å². The number of anilines is 1. The van der Waals surface area contributed by atoms with Gasteiger partial charge in [0.25, 0.3) is 0 Å². The number of halogens is 1. The first-order valence-electron chi connectivity index (χ1n) is 6.10. The number of hydrogen-bond acceptors (Lipinski definition) is 2. The largest absolute Gasteiger partial charge is 0.374 e. The average molecular weight is 235 g/mol. The van der Waals surface area contributed by atoms with Crippen LogP contribution in [0.2, 0.25) is 0 Å². The monoisotopic (exact) mass is 235 g/mol. The number of Topliss-reactive ketones (excluding diaryl/α,β-unsaturated/α-hetero) is 1. The van der Waals surface area contributed by atoms with Crippen LogP contribution in [0.3, 0.4) is 0 Å². The van der Waals surface area contributed by atoms with Crippen molar-refractivity contribution >= 4 is 11.5 Å². The minimum atomic E-state index is -0.423. The van der Waals surface area contributed by atoms with Crippen LogP contribution in [0, 0.1) is 11.7 Å². The summed E-state index contributed by atoms with van der Waals surface area (Å²) >= 11 is 0. The molecule has 0 bridgehead atoms. The molecule has 1 aliphatic rings. The lowest BCUT2D eigenvalue weighted by atomic mass is 10.1. The average Bonchev–Trinajstić information content (AvgIpc) is 3.08. The molecule has 17 heavy (non-hydrogen) atoms. The van der Waals surface area contributed by atoms with Crippen molar-refractivity contribution in [3.63, 3.8) is 0 Å². The quantitative estimate of drug-likeness (QED) is 0.730. The predicted molar refractivity (Wildman–Crippen MR) is 67.0 cm³/mol. The topological polar surface area (TPSA) is 20.3 Å². The zero-order valence-electron chi connectivity index (χ0n) is 10.4. The number of ketones is 1. The number of benzene rings is 1. The van der Waals surface area contributed by atoms with Crippen LogP contribution in [0.5, 0.6) is 0 Å². The first kappa shape index (κ1) is 12.1. The van der Waals surface area contributed by atoms with Gasteiger partial charge in [0.05, 0.1) is 11.3 Å². The Kier molecular flexibility index (Phi) is 3.46. The van der Waals surface area contributed by atoms with Crippen LogP contribution in [0.15, 0.2) is 18.2 Å². The van der Waals surface area contributed by atoms with Crippen molar-refractivity contribution in [2.75, 3.05) is 18.5 Å². The van der Waals surface area contributed by atoms with Gasteiger partial charge in [0.1, 0.15) is 5.82 Å². The number of carbonyl (C=O) groups excluding carboxylic acids is 1.